The molecule has 0 aromatic carbocycles. The van der Waals surface area contributed by atoms with Crippen LogP contribution in [0.5, 0.6) is 0 Å². The van der Waals surface area contributed by atoms with E-state index in [1.165, 1.54) is 173 Å². The van der Waals surface area contributed by atoms with Gasteiger partial charge in [-0.05, 0) is 70.6 Å². The van der Waals surface area contributed by atoms with Gasteiger partial charge in [0.05, 0.1) is 0 Å². The van der Waals surface area contributed by atoms with Gasteiger partial charge in [0.15, 0.2) is 6.10 Å². The minimum Gasteiger partial charge on any atom is -0.462 e. The first-order valence-corrected chi connectivity index (χ1v) is 29.5. The van der Waals surface area contributed by atoms with Crippen molar-refractivity contribution in [2.75, 3.05) is 13.2 Å². The lowest BCUT2D eigenvalue weighted by molar-refractivity contribution is -0.167. The van der Waals surface area contributed by atoms with E-state index in [0.29, 0.717) is 19.3 Å². The van der Waals surface area contributed by atoms with Crippen molar-refractivity contribution >= 4 is 17.9 Å². The topological polar surface area (TPSA) is 78.9 Å². The molecule has 0 aliphatic rings. The lowest BCUT2D eigenvalue weighted by Crippen LogP contribution is -2.30. The largest absolute Gasteiger partial charge is 0.462 e. The van der Waals surface area contributed by atoms with Gasteiger partial charge in [-0.2, -0.15) is 0 Å². The smallest absolute Gasteiger partial charge is 0.306 e. The van der Waals surface area contributed by atoms with Gasteiger partial charge in [0, 0.05) is 19.3 Å². The van der Waals surface area contributed by atoms with Crippen molar-refractivity contribution in [3.05, 3.63) is 72.9 Å². The van der Waals surface area contributed by atoms with E-state index in [2.05, 4.69) is 93.7 Å². The summed E-state index contributed by atoms with van der Waals surface area (Å²) in [4.78, 5) is 38.2. The molecule has 0 bridgehead atoms. The van der Waals surface area contributed by atoms with Crippen molar-refractivity contribution in [2.45, 2.75) is 297 Å². The molecule has 0 saturated carbocycles. The predicted molar refractivity (Wildman–Crippen MR) is 298 cm³/mol. The highest BCUT2D eigenvalue weighted by atomic mass is 16.6. The summed E-state index contributed by atoms with van der Waals surface area (Å²) in [6.07, 6.45) is 73.3. The maximum atomic E-state index is 12.8. The molecular formula is C63H110O6. The van der Waals surface area contributed by atoms with Crippen LogP contribution >= 0.6 is 0 Å². The molecule has 1 atom stereocenters. The van der Waals surface area contributed by atoms with Crippen LogP contribution in [0.25, 0.3) is 0 Å². The Morgan fingerprint density at radius 2 is 0.638 bits per heavy atom. The molecule has 0 radical (unpaired) electrons. The molecule has 0 aliphatic carbocycles. The molecule has 398 valence electrons. The lowest BCUT2D eigenvalue weighted by atomic mass is 10.0. The van der Waals surface area contributed by atoms with E-state index in [9.17, 15) is 14.4 Å². The molecule has 6 heteroatoms. The van der Waals surface area contributed by atoms with Gasteiger partial charge in [0.25, 0.3) is 0 Å². The molecule has 0 saturated heterocycles. The second-order valence-electron chi connectivity index (χ2n) is 19.6. The van der Waals surface area contributed by atoms with Gasteiger partial charge >= 0.3 is 17.9 Å². The van der Waals surface area contributed by atoms with Crippen molar-refractivity contribution in [3.63, 3.8) is 0 Å². The van der Waals surface area contributed by atoms with E-state index in [4.69, 9.17) is 14.2 Å². The number of carbonyl (C=O) groups is 3. The van der Waals surface area contributed by atoms with Gasteiger partial charge in [-0.3, -0.25) is 14.4 Å². The highest BCUT2D eigenvalue weighted by molar-refractivity contribution is 5.71. The molecule has 69 heavy (non-hydrogen) atoms. The molecule has 0 rings (SSSR count). The summed E-state index contributed by atoms with van der Waals surface area (Å²) < 4.78 is 16.8. The molecular weight excluding hydrogens is 853 g/mol. The number of hydrogen-bond acceptors (Lipinski definition) is 6. The number of unbranched alkanes of at least 4 members (excludes halogenated alkanes) is 32. The molecule has 0 spiro atoms. The maximum Gasteiger partial charge on any atom is 0.306 e. The van der Waals surface area contributed by atoms with E-state index in [1.54, 1.807) is 0 Å². The fourth-order valence-corrected chi connectivity index (χ4v) is 8.34. The van der Waals surface area contributed by atoms with Gasteiger partial charge < -0.3 is 14.2 Å². The molecule has 0 heterocycles. The number of hydrogen-bond donors (Lipinski definition) is 0. The summed E-state index contributed by atoms with van der Waals surface area (Å²) in [6, 6.07) is 0. The summed E-state index contributed by atoms with van der Waals surface area (Å²) in [5.41, 5.74) is 0. The Hall–Kier alpha value is -3.15. The normalized spacial score (nSPS) is 12.6. The summed E-state index contributed by atoms with van der Waals surface area (Å²) in [6.45, 7) is 6.48. The summed E-state index contributed by atoms with van der Waals surface area (Å²) in [5, 5.41) is 0. The number of esters is 3. The van der Waals surface area contributed by atoms with Crippen molar-refractivity contribution in [1.82, 2.24) is 0 Å². The van der Waals surface area contributed by atoms with Gasteiger partial charge in [-0.1, -0.05) is 273 Å². The summed E-state index contributed by atoms with van der Waals surface area (Å²) >= 11 is 0. The monoisotopic (exact) mass is 963 g/mol. The zero-order valence-corrected chi connectivity index (χ0v) is 45.6. The second kappa shape index (κ2) is 57.4. The van der Waals surface area contributed by atoms with E-state index < -0.39 is 6.10 Å². The molecule has 0 amide bonds. The van der Waals surface area contributed by atoms with E-state index in [-0.39, 0.29) is 37.5 Å². The molecule has 1 unspecified atom stereocenters. The molecule has 0 aromatic rings. The first kappa shape index (κ1) is 65.8. The zero-order chi connectivity index (χ0) is 50.0. The molecule has 0 fully saturated rings. The fraction of sp³-hybridized carbons (Fsp3) is 0.762. The fourth-order valence-electron chi connectivity index (χ4n) is 8.34. The predicted octanol–water partition coefficient (Wildman–Crippen LogP) is 19.8. The van der Waals surface area contributed by atoms with Crippen LogP contribution < -0.4 is 0 Å². The van der Waals surface area contributed by atoms with Gasteiger partial charge in [0.1, 0.15) is 13.2 Å². The Bertz CT molecular complexity index is 1290. The van der Waals surface area contributed by atoms with E-state index in [1.807, 2.05) is 0 Å². The first-order valence-electron chi connectivity index (χ1n) is 29.5. The number of ether oxygens (including phenoxy) is 3. The van der Waals surface area contributed by atoms with E-state index in [0.717, 1.165) is 70.6 Å². The van der Waals surface area contributed by atoms with E-state index >= 15 is 0 Å². The van der Waals surface area contributed by atoms with Crippen LogP contribution in [-0.2, 0) is 28.6 Å². The first-order chi connectivity index (χ1) is 34.0. The third-order valence-corrected chi connectivity index (χ3v) is 12.8. The van der Waals surface area contributed by atoms with Crippen molar-refractivity contribution < 1.29 is 28.6 Å². The summed E-state index contributed by atoms with van der Waals surface area (Å²) in [7, 11) is 0. The number of carbonyl (C=O) groups excluding carboxylic acids is 3. The number of allylic oxidation sites excluding steroid dienone is 12. The Morgan fingerprint density at radius 1 is 0.319 bits per heavy atom. The quantitative estimate of drug-likeness (QED) is 0.0199. The van der Waals surface area contributed by atoms with Gasteiger partial charge in [-0.25, -0.2) is 0 Å². The minimum atomic E-state index is -0.806. The molecule has 0 aromatic heterocycles. The lowest BCUT2D eigenvalue weighted by Gasteiger charge is -2.18. The molecule has 6 nitrogen and oxygen atoms in total. The van der Waals surface area contributed by atoms with Crippen LogP contribution in [0.1, 0.15) is 290 Å². The third-order valence-electron chi connectivity index (χ3n) is 12.8. The molecule has 0 N–H and O–H groups in total. The van der Waals surface area contributed by atoms with Crippen molar-refractivity contribution in [1.29, 1.82) is 0 Å². The highest BCUT2D eigenvalue weighted by Crippen LogP contribution is 2.16. The Kier molecular flexibility index (Phi) is 54.8. The third kappa shape index (κ3) is 55.6. The Labute approximate surface area is 427 Å². The Morgan fingerprint density at radius 3 is 1.04 bits per heavy atom. The van der Waals surface area contributed by atoms with Gasteiger partial charge in [-0.15, -0.1) is 0 Å². The number of rotatable bonds is 53. The maximum absolute atomic E-state index is 12.8. The summed E-state index contributed by atoms with van der Waals surface area (Å²) in [5.74, 6) is -0.952. The highest BCUT2D eigenvalue weighted by Gasteiger charge is 2.19. The average Bonchev–Trinajstić information content (AvgIpc) is 3.35. The van der Waals surface area contributed by atoms with Crippen molar-refractivity contribution in [2.24, 2.45) is 0 Å². The minimum absolute atomic E-state index is 0.0970. The van der Waals surface area contributed by atoms with Crippen LogP contribution in [0, 0.1) is 0 Å². The van der Waals surface area contributed by atoms with Gasteiger partial charge in [0.2, 0.25) is 0 Å². The Balaban J connectivity index is 4.43. The molecule has 0 aliphatic heterocycles. The van der Waals surface area contributed by atoms with Crippen LogP contribution in [0.4, 0.5) is 0 Å². The van der Waals surface area contributed by atoms with Crippen LogP contribution in [0.15, 0.2) is 72.9 Å². The zero-order valence-electron chi connectivity index (χ0n) is 45.6. The van der Waals surface area contributed by atoms with Crippen LogP contribution in [-0.4, -0.2) is 37.2 Å². The SMILES string of the molecule is CC\C=C/C=C\C=C/CCCCCCCCCC(=O)OCC(COC(=O)CCCCCCCCCCCCCCCCCCCCC)OC(=O)CCC/C=C\C/C=C\C/C=C\CCCCCCCC. The average molecular weight is 964 g/mol. The van der Waals surface area contributed by atoms with Crippen molar-refractivity contribution in [3.8, 4) is 0 Å². The van der Waals surface area contributed by atoms with Crippen LogP contribution in [0.3, 0.4) is 0 Å². The standard InChI is InChI=1S/C63H110O6/c1-4-7-10-13-16-19-22-25-28-30-31-33-35-38-41-44-47-50-53-56-62(65)68-59-60(58-67-61(64)55-52-49-46-43-40-37-34-27-24-21-18-15-12-9-6-3)69-63(66)57-54-51-48-45-42-39-36-32-29-26-23-20-17-14-11-8-5-2/h9,12,15,18,21,24,26,29,36,39,45,48,60H,4-8,10-11,13-14,16-17,19-20,22-23,25,27-28,30-35,37-38,40-44,46-47,49-59H2,1-3H3/b12-9-,18-15-,24-21-,29-26-,39-36-,48-45-. The second-order valence-corrected chi connectivity index (χ2v) is 19.6. The van der Waals surface area contributed by atoms with Crippen LogP contribution in [0.2, 0.25) is 0 Å².